The topological polar surface area (TPSA) is 58.6 Å². The van der Waals surface area contributed by atoms with E-state index < -0.39 is 29.2 Å². The molecule has 0 spiro atoms. The fraction of sp³-hybridized carbons (Fsp3) is 0.267. The molecule has 2 rings (SSSR count). The zero-order chi connectivity index (χ0) is 15.9. The summed E-state index contributed by atoms with van der Waals surface area (Å²) in [7, 11) is 0. The van der Waals surface area contributed by atoms with Gasteiger partial charge in [0.1, 0.15) is 23.3 Å². The fourth-order valence-electron chi connectivity index (χ4n) is 1.91. The minimum atomic E-state index is -0.916. The zero-order valence-electron chi connectivity index (χ0n) is 11.6. The Hall–Kier alpha value is -1.83. The summed E-state index contributed by atoms with van der Waals surface area (Å²) in [5.41, 5.74) is 0.210. The van der Waals surface area contributed by atoms with Gasteiger partial charge in [-0.15, -0.1) is 0 Å². The number of nitrogens with one attached hydrogen (secondary N) is 1. The van der Waals surface area contributed by atoms with Crippen molar-refractivity contribution in [1.82, 2.24) is 5.32 Å². The molecule has 4 nitrogen and oxygen atoms in total. The third-order valence-corrected chi connectivity index (χ3v) is 3.66. The maximum absolute atomic E-state index is 13.5. The van der Waals surface area contributed by atoms with Gasteiger partial charge in [0.25, 0.3) is 5.91 Å². The van der Waals surface area contributed by atoms with E-state index in [0.717, 1.165) is 17.7 Å². The number of aliphatic hydroxyl groups excluding tert-OH is 1. The first-order valence-electron chi connectivity index (χ1n) is 6.60. The van der Waals surface area contributed by atoms with Crippen LogP contribution in [0, 0.1) is 11.6 Å². The Bertz CT molecular complexity index is 599. The summed E-state index contributed by atoms with van der Waals surface area (Å²) >= 11 is 1.46. The van der Waals surface area contributed by atoms with E-state index in [1.807, 2.05) is 16.8 Å². The van der Waals surface area contributed by atoms with Crippen molar-refractivity contribution in [3.63, 3.8) is 0 Å². The van der Waals surface area contributed by atoms with Gasteiger partial charge in [-0.3, -0.25) is 4.79 Å². The number of amides is 1. The molecular weight excluding hydrogens is 312 g/mol. The maximum atomic E-state index is 13.5. The molecule has 0 saturated heterocycles. The van der Waals surface area contributed by atoms with E-state index in [2.05, 4.69) is 5.32 Å². The number of hydrogen-bond acceptors (Lipinski definition) is 4. The molecular formula is C15H15F2NO3S. The van der Waals surface area contributed by atoms with Crippen molar-refractivity contribution in [2.45, 2.75) is 6.10 Å². The Balaban J connectivity index is 2.04. The Morgan fingerprint density at radius 1 is 1.32 bits per heavy atom. The zero-order valence-corrected chi connectivity index (χ0v) is 12.4. The number of ether oxygens (including phenoxy) is 1. The van der Waals surface area contributed by atoms with E-state index in [1.54, 1.807) is 0 Å². The number of halogens is 2. The van der Waals surface area contributed by atoms with Gasteiger partial charge >= 0.3 is 0 Å². The van der Waals surface area contributed by atoms with Crippen molar-refractivity contribution in [2.24, 2.45) is 0 Å². The molecule has 0 aliphatic heterocycles. The molecule has 0 unspecified atom stereocenters. The Kier molecular flexibility index (Phi) is 6.00. The van der Waals surface area contributed by atoms with Crippen molar-refractivity contribution in [2.75, 3.05) is 19.8 Å². The molecule has 0 bridgehead atoms. The molecule has 1 aromatic heterocycles. The molecule has 2 N–H and O–H groups in total. The Labute approximate surface area is 130 Å². The predicted octanol–water partition coefficient (Wildman–Crippen LogP) is 2.51. The molecule has 1 heterocycles. The van der Waals surface area contributed by atoms with Crippen molar-refractivity contribution in [3.8, 4) is 0 Å². The number of thiophene rings is 1. The first-order valence-corrected chi connectivity index (χ1v) is 7.54. The van der Waals surface area contributed by atoms with Gasteiger partial charge in [0.15, 0.2) is 0 Å². The van der Waals surface area contributed by atoms with Gasteiger partial charge in [-0.2, -0.15) is 11.3 Å². The molecule has 0 aliphatic rings. The highest BCUT2D eigenvalue weighted by Gasteiger charge is 2.19. The minimum absolute atomic E-state index is 0.0450. The van der Waals surface area contributed by atoms with E-state index in [-0.39, 0.29) is 19.8 Å². The van der Waals surface area contributed by atoms with Crippen LogP contribution in [-0.2, 0) is 4.74 Å². The normalized spacial score (nSPS) is 12.1. The summed E-state index contributed by atoms with van der Waals surface area (Å²) in [5.74, 6) is -2.68. The fourth-order valence-corrected chi connectivity index (χ4v) is 2.62. The van der Waals surface area contributed by atoms with E-state index in [9.17, 15) is 13.6 Å². The quantitative estimate of drug-likeness (QED) is 0.821. The van der Waals surface area contributed by atoms with Gasteiger partial charge in [-0.25, -0.2) is 8.78 Å². The molecule has 1 atom stereocenters. The van der Waals surface area contributed by atoms with E-state index in [0.29, 0.717) is 0 Å². The number of rotatable bonds is 7. The highest BCUT2D eigenvalue weighted by Crippen LogP contribution is 2.20. The lowest BCUT2D eigenvalue weighted by Crippen LogP contribution is -2.31. The van der Waals surface area contributed by atoms with Crippen LogP contribution < -0.4 is 5.32 Å². The summed E-state index contributed by atoms with van der Waals surface area (Å²) in [6, 6.07) is 5.07. The summed E-state index contributed by atoms with van der Waals surface area (Å²) in [6.07, 6.45) is -0.489. The van der Waals surface area contributed by atoms with Gasteiger partial charge in [0, 0.05) is 6.54 Å². The molecule has 22 heavy (non-hydrogen) atoms. The van der Waals surface area contributed by atoms with Crippen molar-refractivity contribution in [1.29, 1.82) is 0 Å². The molecule has 0 radical (unpaired) electrons. The average molecular weight is 327 g/mol. The molecule has 1 amide bonds. The second kappa shape index (κ2) is 7.98. The molecule has 1 aromatic carbocycles. The van der Waals surface area contributed by atoms with Crippen LogP contribution in [0.2, 0.25) is 0 Å². The second-order valence-electron chi connectivity index (χ2n) is 4.45. The van der Waals surface area contributed by atoms with Crippen LogP contribution in [0.4, 0.5) is 8.78 Å². The van der Waals surface area contributed by atoms with Gasteiger partial charge in [0.05, 0.1) is 13.2 Å². The molecule has 0 fully saturated rings. The summed E-state index contributed by atoms with van der Waals surface area (Å²) in [4.78, 5) is 11.9. The lowest BCUT2D eigenvalue weighted by molar-refractivity contribution is 0.0279. The molecule has 118 valence electrons. The number of benzene rings is 1. The standard InChI is InChI=1S/C15H15F2NO3S/c16-11-2-1-3-12(17)14(11)15(20)18-8-13(21-6-5-19)10-4-7-22-9-10/h1-4,7,9,13,19H,5-6,8H2,(H,18,20)/t13-/m0/s1. The largest absolute Gasteiger partial charge is 0.394 e. The first kappa shape index (κ1) is 16.5. The van der Waals surface area contributed by atoms with Crippen LogP contribution in [0.15, 0.2) is 35.0 Å². The van der Waals surface area contributed by atoms with Crippen LogP contribution in [0.1, 0.15) is 22.0 Å². The van der Waals surface area contributed by atoms with Gasteiger partial charge in [-0.05, 0) is 34.5 Å². The summed E-state index contributed by atoms with van der Waals surface area (Å²) in [6.45, 7) is -0.00961. The van der Waals surface area contributed by atoms with E-state index in [4.69, 9.17) is 9.84 Å². The predicted molar refractivity (Wildman–Crippen MR) is 78.8 cm³/mol. The average Bonchev–Trinajstić information content (AvgIpc) is 3.01. The monoisotopic (exact) mass is 327 g/mol. The maximum Gasteiger partial charge on any atom is 0.257 e. The molecule has 0 saturated carbocycles. The van der Waals surface area contributed by atoms with Gasteiger partial charge < -0.3 is 15.2 Å². The number of carbonyl (C=O) groups is 1. The van der Waals surface area contributed by atoms with Crippen LogP contribution in [0.25, 0.3) is 0 Å². The third-order valence-electron chi connectivity index (χ3n) is 2.96. The van der Waals surface area contributed by atoms with Crippen LogP contribution >= 0.6 is 11.3 Å². The SMILES string of the molecule is O=C(NC[C@H](OCCO)c1ccsc1)c1c(F)cccc1F. The smallest absolute Gasteiger partial charge is 0.257 e. The molecule has 0 aliphatic carbocycles. The van der Waals surface area contributed by atoms with Crippen LogP contribution in [0.5, 0.6) is 0 Å². The lowest BCUT2D eigenvalue weighted by Gasteiger charge is -2.17. The third kappa shape index (κ3) is 4.09. The van der Waals surface area contributed by atoms with Crippen LogP contribution in [-0.4, -0.2) is 30.8 Å². The highest BCUT2D eigenvalue weighted by molar-refractivity contribution is 7.07. The highest BCUT2D eigenvalue weighted by atomic mass is 32.1. The molecule has 2 aromatic rings. The van der Waals surface area contributed by atoms with Crippen LogP contribution in [0.3, 0.4) is 0 Å². The van der Waals surface area contributed by atoms with Gasteiger partial charge in [-0.1, -0.05) is 6.07 Å². The second-order valence-corrected chi connectivity index (χ2v) is 5.23. The Morgan fingerprint density at radius 2 is 2.05 bits per heavy atom. The Morgan fingerprint density at radius 3 is 2.64 bits per heavy atom. The minimum Gasteiger partial charge on any atom is -0.394 e. The molecule has 7 heteroatoms. The van der Waals surface area contributed by atoms with Crippen molar-refractivity contribution in [3.05, 3.63) is 57.8 Å². The number of aliphatic hydroxyl groups is 1. The van der Waals surface area contributed by atoms with Crippen molar-refractivity contribution < 1.29 is 23.4 Å². The number of carbonyl (C=O) groups excluding carboxylic acids is 1. The first-order chi connectivity index (χ1) is 10.6. The summed E-state index contributed by atoms with van der Waals surface area (Å²) in [5, 5.41) is 15.0. The van der Waals surface area contributed by atoms with E-state index in [1.165, 1.54) is 17.4 Å². The van der Waals surface area contributed by atoms with E-state index >= 15 is 0 Å². The number of hydrogen-bond donors (Lipinski definition) is 2. The van der Waals surface area contributed by atoms with Gasteiger partial charge in [0.2, 0.25) is 0 Å². The summed E-state index contributed by atoms with van der Waals surface area (Å²) < 4.78 is 32.5. The lowest BCUT2D eigenvalue weighted by atomic mass is 10.1. The van der Waals surface area contributed by atoms with Crippen molar-refractivity contribution >= 4 is 17.2 Å².